The molecule has 0 unspecified atom stereocenters. The number of likely N-dealkylation sites (tertiary alicyclic amines) is 2. The Morgan fingerprint density at radius 2 is 0.836 bits per heavy atom. The van der Waals surface area contributed by atoms with Gasteiger partial charge < -0.3 is 38.8 Å². The first kappa shape index (κ1) is 75.9. The summed E-state index contributed by atoms with van der Waals surface area (Å²) in [7, 11) is -1.38. The van der Waals surface area contributed by atoms with Crippen molar-refractivity contribution in [2.45, 2.75) is 115 Å². The van der Waals surface area contributed by atoms with Crippen LogP contribution in [0.15, 0.2) is 259 Å². The lowest BCUT2D eigenvalue weighted by Gasteiger charge is -2.37. The Morgan fingerprint density at radius 3 is 1.24 bits per heavy atom. The van der Waals surface area contributed by atoms with E-state index in [1.807, 2.05) is 114 Å². The summed E-state index contributed by atoms with van der Waals surface area (Å²) in [5, 5.41) is 30.2. The number of benzene rings is 10. The van der Waals surface area contributed by atoms with Crippen LogP contribution in [0.2, 0.25) is 0 Å². The molecule has 16 nitrogen and oxygen atoms in total. The first-order valence-electron chi connectivity index (χ1n) is 38.1. The first-order valence-corrected chi connectivity index (χ1v) is 38.9. The zero-order valence-electron chi connectivity index (χ0n) is 63.1. The maximum Gasteiger partial charge on any atom is 0.488 e. The number of rotatable bonds is 16. The first-order chi connectivity index (χ1) is 53.1. The molecular formula is C92H92BBrN6O10. The second-order valence-corrected chi connectivity index (χ2v) is 31.7. The van der Waals surface area contributed by atoms with Crippen molar-refractivity contribution in [3.05, 3.63) is 315 Å². The molecule has 16 rings (SSSR count). The van der Waals surface area contributed by atoms with Crippen molar-refractivity contribution in [1.82, 2.24) is 29.4 Å². The molecule has 0 spiro atoms. The van der Waals surface area contributed by atoms with Crippen LogP contribution >= 0.6 is 15.9 Å². The van der Waals surface area contributed by atoms with E-state index in [0.29, 0.717) is 73.4 Å². The zero-order valence-corrected chi connectivity index (χ0v) is 64.7. The van der Waals surface area contributed by atoms with Crippen LogP contribution in [0.25, 0.3) is 33.1 Å². The largest absolute Gasteiger partial charge is 0.493 e. The predicted octanol–water partition coefficient (Wildman–Crippen LogP) is 17.9. The number of fused-ring (bicyclic) bond motifs is 4. The Bertz CT molecular complexity index is 5050. The molecule has 12 aromatic rings. The van der Waals surface area contributed by atoms with Crippen LogP contribution < -0.4 is 14.9 Å². The normalized spacial score (nSPS) is 15.6. The van der Waals surface area contributed by atoms with Crippen molar-refractivity contribution in [2.24, 2.45) is 11.8 Å². The summed E-state index contributed by atoms with van der Waals surface area (Å²) >= 11 is 3.76. The van der Waals surface area contributed by atoms with Crippen LogP contribution in [-0.2, 0) is 33.4 Å². The molecule has 6 heterocycles. The van der Waals surface area contributed by atoms with Gasteiger partial charge in [-0.3, -0.25) is 9.59 Å². The number of carbonyl (C=O) groups is 4. The number of ketones is 2. The lowest BCUT2D eigenvalue weighted by molar-refractivity contribution is 0.0153. The van der Waals surface area contributed by atoms with E-state index in [1.165, 1.54) is 0 Å². The van der Waals surface area contributed by atoms with Gasteiger partial charge in [0.05, 0.1) is 24.2 Å². The van der Waals surface area contributed by atoms with Crippen molar-refractivity contribution in [3.63, 3.8) is 0 Å². The van der Waals surface area contributed by atoms with Crippen LogP contribution in [0.1, 0.15) is 145 Å². The van der Waals surface area contributed by atoms with Gasteiger partial charge in [-0.2, -0.15) is 10.2 Å². The van der Waals surface area contributed by atoms with Gasteiger partial charge in [-0.15, -0.1) is 0 Å². The molecule has 2 atom stereocenters. The molecule has 18 heteroatoms. The number of carbonyl (C=O) groups excluding carboxylic acids is 4. The minimum absolute atomic E-state index is 0.0558. The maximum atomic E-state index is 14.2. The average molecular weight is 1530 g/mol. The summed E-state index contributed by atoms with van der Waals surface area (Å²) < 4.78 is 27.3. The number of piperidine rings is 2. The summed E-state index contributed by atoms with van der Waals surface area (Å²) in [5.41, 5.74) is 11.4. The van der Waals surface area contributed by atoms with Gasteiger partial charge in [0.25, 0.3) is 0 Å². The molecule has 2 amide bonds. The Hall–Kier alpha value is -10.9. The summed E-state index contributed by atoms with van der Waals surface area (Å²) in [6.07, 6.45) is 5.30. The highest BCUT2D eigenvalue weighted by Gasteiger charge is 2.44. The minimum Gasteiger partial charge on any atom is -0.493 e. The number of halogens is 1. The van der Waals surface area contributed by atoms with Gasteiger partial charge in [-0.1, -0.05) is 194 Å². The van der Waals surface area contributed by atoms with E-state index in [9.17, 15) is 19.2 Å². The zero-order chi connectivity index (χ0) is 76.7. The highest BCUT2D eigenvalue weighted by molar-refractivity contribution is 9.10. The van der Waals surface area contributed by atoms with E-state index >= 15 is 0 Å². The standard InChI is InChI=1S/C46H45N3O4.C38H38BrN3O3.C8H9BO3/c1-45(2,3)53-44(51)48-26-13-14-32(31-48)28-41(50)33-21-23-40-39(30-33)43(35-22-24-42-34(29-35)25-27-52-42)47-49(40)46(36-15-7-4-8-16-36,37-17-9-5-10-18-37)38-19-11-6-12-20-38;1-37(2,3)45-36(44)41-23-13-14-27(26-41)24-34(43)28-21-22-33-32(25-28)35(39)40-42(33)38(29-15-7-4-8-16-29,30-17-9-5-10-18-30)31-19-11-6-12-20-31;10-9(11)7-1-2-8-6(5-7)3-4-12-8/h4-12,15-24,29-30,32H,13-14,25-28,31H2,1-3H3;4-12,15-22,25,27H,13-14,23-24,26H2,1-3H3;1-2,5,10-11H,3-4H2/t32-;27-;/m00./s1. The third kappa shape index (κ3) is 16.2. The maximum absolute atomic E-state index is 14.2. The van der Waals surface area contributed by atoms with Crippen molar-refractivity contribution < 1.29 is 48.2 Å². The quantitative estimate of drug-likeness (QED) is 0.0530. The summed E-state index contributed by atoms with van der Waals surface area (Å²) in [5.74, 6) is 2.04. The monoisotopic (exact) mass is 1530 g/mol. The SMILES string of the molecule is CC(C)(C)OC(=O)N1CCC[C@@H](CC(=O)c2ccc3c(c2)c(-c2ccc4c(c2)CCO4)nn3C(c2ccccc2)(c2ccccc2)c2ccccc2)C1.CC(C)(C)OC(=O)N1CCC[C@@H](CC(=O)c2ccc3c(c2)c(Br)nn3C(c2ccccc2)(c2ccccc2)c2ccccc2)C1.OB(O)c1ccc2c(c1)CCO2. The average Bonchev–Trinajstić information content (AvgIpc) is 1.48. The Balaban J connectivity index is 0.000000160. The van der Waals surface area contributed by atoms with Gasteiger partial charge >= 0.3 is 19.3 Å². The fourth-order valence-corrected chi connectivity index (χ4v) is 16.5. The number of hydrogen-bond donors (Lipinski definition) is 2. The topological polar surface area (TPSA) is 188 Å². The van der Waals surface area contributed by atoms with Crippen molar-refractivity contribution in [1.29, 1.82) is 0 Å². The number of hydrogen-bond acceptors (Lipinski definition) is 12. The van der Waals surface area contributed by atoms with Crippen molar-refractivity contribution >= 4 is 74.1 Å². The van der Waals surface area contributed by atoms with E-state index in [1.54, 1.807) is 28.0 Å². The van der Waals surface area contributed by atoms with Gasteiger partial charge in [0.15, 0.2) is 11.6 Å². The molecule has 2 aromatic heterocycles. The molecule has 560 valence electrons. The van der Waals surface area contributed by atoms with Gasteiger partial charge in [-0.05, 0) is 206 Å². The van der Waals surface area contributed by atoms with E-state index in [0.717, 1.165) is 128 Å². The molecule has 0 bridgehead atoms. The fourth-order valence-electron chi connectivity index (χ4n) is 16.0. The van der Waals surface area contributed by atoms with Crippen LogP contribution in [0, 0.1) is 11.8 Å². The lowest BCUT2D eigenvalue weighted by Crippen LogP contribution is -2.43. The highest BCUT2D eigenvalue weighted by atomic mass is 79.9. The summed E-state index contributed by atoms with van der Waals surface area (Å²) in [6, 6.07) is 86.3. The molecular weight excluding hydrogens is 1440 g/mol. The molecule has 2 saturated heterocycles. The predicted molar refractivity (Wildman–Crippen MR) is 435 cm³/mol. The molecule has 2 N–H and O–H groups in total. The molecule has 110 heavy (non-hydrogen) atoms. The van der Waals surface area contributed by atoms with Crippen LogP contribution in [-0.4, -0.2) is 121 Å². The smallest absolute Gasteiger partial charge is 0.488 e. The molecule has 2 fully saturated rings. The highest BCUT2D eigenvalue weighted by Crippen LogP contribution is 2.47. The molecule has 10 aromatic carbocycles. The molecule has 0 aliphatic carbocycles. The van der Waals surface area contributed by atoms with Gasteiger partial charge in [0.2, 0.25) is 0 Å². The van der Waals surface area contributed by atoms with Crippen molar-refractivity contribution in [2.75, 3.05) is 39.4 Å². The second-order valence-electron chi connectivity index (χ2n) is 30.9. The van der Waals surface area contributed by atoms with Crippen LogP contribution in [0.4, 0.5) is 9.59 Å². The van der Waals surface area contributed by atoms with E-state index < -0.39 is 29.4 Å². The Kier molecular flexibility index (Phi) is 22.6. The molecule has 0 radical (unpaired) electrons. The Labute approximate surface area is 651 Å². The van der Waals surface area contributed by atoms with Gasteiger partial charge in [-0.25, -0.2) is 19.0 Å². The second kappa shape index (κ2) is 32.7. The lowest BCUT2D eigenvalue weighted by atomic mass is 9.77. The summed E-state index contributed by atoms with van der Waals surface area (Å²) in [6.45, 7) is 14.9. The fraction of sp³-hybridized carbons (Fsp3) is 0.283. The molecule has 4 aliphatic heterocycles. The number of aromatic nitrogens is 4. The number of amides is 2. The van der Waals surface area contributed by atoms with Gasteiger partial charge in [0.1, 0.15) is 44.1 Å². The van der Waals surface area contributed by atoms with E-state index in [4.69, 9.17) is 39.2 Å². The molecule has 0 saturated carbocycles. The minimum atomic E-state index is -1.38. The van der Waals surface area contributed by atoms with E-state index in [-0.39, 0.29) is 35.6 Å². The number of Topliss-reactive ketones (excluding diaryl/α,β-unsaturated/α-hetero) is 2. The third-order valence-corrected chi connectivity index (χ3v) is 21.6. The third-order valence-electron chi connectivity index (χ3n) is 21.0. The van der Waals surface area contributed by atoms with E-state index in [2.05, 4.69) is 189 Å². The molecule has 4 aliphatic rings. The number of nitrogens with zero attached hydrogens (tertiary/aromatic N) is 6. The number of ether oxygens (including phenoxy) is 4. The Morgan fingerprint density at radius 1 is 0.464 bits per heavy atom. The van der Waals surface area contributed by atoms with Crippen LogP contribution in [0.3, 0.4) is 0 Å². The summed E-state index contributed by atoms with van der Waals surface area (Å²) in [4.78, 5) is 56.9. The van der Waals surface area contributed by atoms with Crippen LogP contribution in [0.5, 0.6) is 11.5 Å². The van der Waals surface area contributed by atoms with Gasteiger partial charge in [0, 0.05) is 79.3 Å². The van der Waals surface area contributed by atoms with Crippen molar-refractivity contribution in [3.8, 4) is 22.8 Å².